The highest BCUT2D eigenvalue weighted by Gasteiger charge is 2.66. The molecule has 3 aliphatic heterocycles. The molecule has 4 aromatic carbocycles. The number of nitrogens with one attached hydrogen (secondary N) is 1. The van der Waals surface area contributed by atoms with Crippen LogP contribution in [0.15, 0.2) is 91.0 Å². The molecule has 5 atom stereocenters. The van der Waals surface area contributed by atoms with E-state index in [1.165, 1.54) is 17.0 Å². The molecule has 4 aromatic rings. The molecule has 334 valence electrons. The molecule has 3 heterocycles. The highest BCUT2D eigenvalue weighted by Crippen LogP contribution is 2.60. The number of aliphatic hydroxyl groups is 2. The summed E-state index contributed by atoms with van der Waals surface area (Å²) < 4.78 is 12.7. The van der Waals surface area contributed by atoms with E-state index in [2.05, 4.69) is 5.32 Å². The van der Waals surface area contributed by atoms with E-state index >= 15 is 4.79 Å². The van der Waals surface area contributed by atoms with Crippen LogP contribution in [-0.4, -0.2) is 95.9 Å². The van der Waals surface area contributed by atoms with Crippen LogP contribution in [0.1, 0.15) is 55.4 Å². The Labute approximate surface area is 368 Å². The number of hydrogen-bond donors (Lipinski definition) is 4. The van der Waals surface area contributed by atoms with Gasteiger partial charge in [-0.25, -0.2) is 0 Å². The molecule has 1 saturated heterocycles. The number of carbonyl (C=O) groups is 3. The molecule has 0 bridgehead atoms. The van der Waals surface area contributed by atoms with Gasteiger partial charge in [0.25, 0.3) is 11.6 Å². The Morgan fingerprint density at radius 1 is 0.984 bits per heavy atom. The smallest absolute Gasteiger partial charge is 0.269 e. The second-order valence-corrected chi connectivity index (χ2v) is 21.1. The van der Waals surface area contributed by atoms with Crippen LogP contribution in [-0.2, 0) is 44.2 Å². The van der Waals surface area contributed by atoms with E-state index in [1.807, 2.05) is 86.6 Å². The van der Waals surface area contributed by atoms with Crippen LogP contribution in [0.3, 0.4) is 0 Å². The average molecular weight is 880 g/mol. The molecule has 3 aliphatic rings. The zero-order chi connectivity index (χ0) is 45.1. The maximum atomic E-state index is 15.3. The Bertz CT molecular complexity index is 2330. The van der Waals surface area contributed by atoms with Crippen LogP contribution in [0.5, 0.6) is 5.75 Å². The average Bonchev–Trinajstić information content (AvgIpc) is 3.68. The third-order valence-corrected chi connectivity index (χ3v) is 15.0. The zero-order valence-corrected chi connectivity index (χ0v) is 37.2. The molecule has 1 unspecified atom stereocenters. The highest BCUT2D eigenvalue weighted by atomic mass is 28.4. The molecule has 0 saturated carbocycles. The summed E-state index contributed by atoms with van der Waals surface area (Å²) in [6.07, 6.45) is 0.650. The van der Waals surface area contributed by atoms with Gasteiger partial charge in [0.1, 0.15) is 5.75 Å². The number of benzene rings is 4. The monoisotopic (exact) mass is 879 g/mol. The van der Waals surface area contributed by atoms with Crippen molar-refractivity contribution >= 4 is 48.8 Å². The fourth-order valence-electron chi connectivity index (χ4n) is 9.75. The van der Waals surface area contributed by atoms with Gasteiger partial charge in [0.05, 0.1) is 54.6 Å². The number of fused-ring (bicyclic) bond motifs is 3. The van der Waals surface area contributed by atoms with Gasteiger partial charge in [-0.3, -0.25) is 29.4 Å². The summed E-state index contributed by atoms with van der Waals surface area (Å²) >= 11 is 0. The lowest BCUT2D eigenvalue weighted by atomic mass is 9.82. The van der Waals surface area contributed by atoms with Crippen molar-refractivity contribution in [2.24, 2.45) is 5.92 Å². The van der Waals surface area contributed by atoms with Gasteiger partial charge in [0.15, 0.2) is 13.9 Å². The van der Waals surface area contributed by atoms with E-state index in [0.717, 1.165) is 11.1 Å². The van der Waals surface area contributed by atoms with E-state index in [4.69, 9.17) is 9.47 Å². The Kier molecular flexibility index (Phi) is 13.8. The SMILES string of the molecule is CCOc1ccc2c(c1)CC(NCCCCO)C(=O)N2c1cccc(CN2C(=O)[C@]3(O[C@H](CC(=O)N(CCO)Cc4ccccc4)[C@@H]([Si](C)(C)O)[C@@H]3C)c3cc([N+](=O)[O-])ccc32)c1. The number of carbonyl (C=O) groups excluding carboxylic acids is 3. The lowest BCUT2D eigenvalue weighted by Crippen LogP contribution is -2.49. The van der Waals surface area contributed by atoms with Crippen molar-refractivity contribution < 1.29 is 43.8 Å². The van der Waals surface area contributed by atoms with Gasteiger partial charge >= 0.3 is 0 Å². The van der Waals surface area contributed by atoms with Crippen LogP contribution < -0.4 is 19.9 Å². The molecule has 16 heteroatoms. The quantitative estimate of drug-likeness (QED) is 0.0415. The van der Waals surface area contributed by atoms with Crippen LogP contribution in [0.25, 0.3) is 0 Å². The highest BCUT2D eigenvalue weighted by molar-refractivity contribution is 6.71. The summed E-state index contributed by atoms with van der Waals surface area (Å²) in [6, 6.07) is 26.1. The number of nitrogens with zero attached hydrogens (tertiary/aromatic N) is 4. The van der Waals surface area contributed by atoms with Crippen molar-refractivity contribution in [2.75, 3.05) is 42.7 Å². The largest absolute Gasteiger partial charge is 0.494 e. The van der Waals surface area contributed by atoms with Gasteiger partial charge in [-0.2, -0.15) is 0 Å². The first-order valence-electron chi connectivity index (χ1n) is 21.7. The minimum Gasteiger partial charge on any atom is -0.494 e. The van der Waals surface area contributed by atoms with Gasteiger partial charge in [-0.15, -0.1) is 0 Å². The lowest BCUT2D eigenvalue weighted by molar-refractivity contribution is -0.385. The van der Waals surface area contributed by atoms with E-state index in [-0.39, 0.29) is 56.8 Å². The molecule has 63 heavy (non-hydrogen) atoms. The second-order valence-electron chi connectivity index (χ2n) is 17.1. The van der Waals surface area contributed by atoms with Gasteiger partial charge in [0.2, 0.25) is 11.8 Å². The summed E-state index contributed by atoms with van der Waals surface area (Å²) in [5, 5.41) is 34.8. The molecular formula is C47H57N5O10Si. The third kappa shape index (κ3) is 9.14. The predicted molar refractivity (Wildman–Crippen MR) is 240 cm³/mol. The Balaban J connectivity index is 1.23. The number of nitro benzene ring substituents is 1. The van der Waals surface area contributed by atoms with Crippen LogP contribution in [0.2, 0.25) is 18.6 Å². The summed E-state index contributed by atoms with van der Waals surface area (Å²) in [4.78, 5) is 72.0. The number of nitro groups is 1. The molecule has 0 aliphatic carbocycles. The van der Waals surface area contributed by atoms with Crippen LogP contribution in [0, 0.1) is 16.0 Å². The fraction of sp³-hybridized carbons (Fsp3) is 0.426. The maximum absolute atomic E-state index is 15.3. The number of aliphatic hydroxyl groups excluding tert-OH is 2. The van der Waals surface area contributed by atoms with Gasteiger partial charge in [-0.05, 0) is 98.9 Å². The van der Waals surface area contributed by atoms with Crippen LogP contribution >= 0.6 is 0 Å². The summed E-state index contributed by atoms with van der Waals surface area (Å²) in [7, 11) is -3.22. The van der Waals surface area contributed by atoms with Gasteiger partial charge < -0.3 is 39.6 Å². The fourth-order valence-corrected chi connectivity index (χ4v) is 12.3. The molecule has 1 spiro atoms. The van der Waals surface area contributed by atoms with Crippen molar-refractivity contribution in [3.8, 4) is 5.75 Å². The molecule has 15 nitrogen and oxygen atoms in total. The minimum atomic E-state index is -3.22. The van der Waals surface area contributed by atoms with Gasteiger partial charge in [-0.1, -0.05) is 49.4 Å². The van der Waals surface area contributed by atoms with Crippen molar-refractivity contribution in [3.63, 3.8) is 0 Å². The Morgan fingerprint density at radius 2 is 1.73 bits per heavy atom. The normalized spacial score (nSPS) is 21.8. The summed E-state index contributed by atoms with van der Waals surface area (Å²) in [6.45, 7) is 8.36. The second kappa shape index (κ2) is 19.1. The number of anilines is 3. The van der Waals surface area contributed by atoms with Crippen molar-refractivity contribution in [1.29, 1.82) is 0 Å². The lowest BCUT2D eigenvalue weighted by Gasteiger charge is -2.35. The number of ether oxygens (including phenoxy) is 2. The number of unbranched alkanes of at least 4 members (excludes halogenated alkanes) is 1. The summed E-state index contributed by atoms with van der Waals surface area (Å²) in [5.74, 6) is -0.954. The van der Waals surface area contributed by atoms with E-state index < -0.39 is 48.4 Å². The first-order chi connectivity index (χ1) is 30.2. The zero-order valence-electron chi connectivity index (χ0n) is 36.2. The first kappa shape index (κ1) is 45.5. The van der Waals surface area contributed by atoms with Crippen molar-refractivity contribution in [3.05, 3.63) is 123 Å². The van der Waals surface area contributed by atoms with Crippen molar-refractivity contribution in [2.45, 2.75) is 89.0 Å². The van der Waals surface area contributed by atoms with Crippen LogP contribution in [0.4, 0.5) is 22.7 Å². The molecule has 3 amide bonds. The molecule has 0 aromatic heterocycles. The Hall–Kier alpha value is -5.49. The number of non-ortho nitro benzene ring substituents is 1. The van der Waals surface area contributed by atoms with E-state index in [9.17, 15) is 34.7 Å². The maximum Gasteiger partial charge on any atom is 0.269 e. The number of rotatable bonds is 18. The van der Waals surface area contributed by atoms with Crippen molar-refractivity contribution in [1.82, 2.24) is 10.2 Å². The van der Waals surface area contributed by atoms with E-state index in [1.54, 1.807) is 29.0 Å². The first-order valence-corrected chi connectivity index (χ1v) is 24.7. The van der Waals surface area contributed by atoms with E-state index in [0.29, 0.717) is 66.4 Å². The number of hydrogen-bond acceptors (Lipinski definition) is 11. The minimum absolute atomic E-state index is 0.0197. The topological polar surface area (TPSA) is 195 Å². The summed E-state index contributed by atoms with van der Waals surface area (Å²) in [5.41, 5.74) is 1.82. The van der Waals surface area contributed by atoms with Gasteiger partial charge in [0, 0.05) is 54.5 Å². The molecule has 4 N–H and O–H groups in total. The molecule has 7 rings (SSSR count). The molecule has 1 fully saturated rings. The standard InChI is InChI=1S/C47H57N5O10Si/c1-5-61-37-17-19-40-34(25-37)26-39(48-20-9-10-22-53)45(56)51(40)35-15-11-14-33(24-35)30-50-41-18-16-36(52(58)59)27-38(41)47(46(50)57)31(2)44(63(3,4)60)42(62-47)28-43(55)49(21-23-54)29-32-12-7-6-8-13-32/h6-8,11-19,24-25,27,31,39,42,44,48,53-54,60H,5,9-10,20-23,26,28-30H2,1-4H3/t31-,39?,42+,44-,47+/m0/s1. The Morgan fingerprint density at radius 3 is 2.43 bits per heavy atom. The third-order valence-electron chi connectivity index (χ3n) is 12.5. The predicted octanol–water partition coefficient (Wildman–Crippen LogP) is 5.70. The number of amides is 3. The molecule has 0 radical (unpaired) electrons. The molecular weight excluding hydrogens is 823 g/mol.